The van der Waals surface area contributed by atoms with Crippen LogP contribution in [0.15, 0.2) is 42.6 Å². The second kappa shape index (κ2) is 7.17. The van der Waals surface area contributed by atoms with Crippen molar-refractivity contribution in [3.63, 3.8) is 0 Å². The zero-order chi connectivity index (χ0) is 18.0. The van der Waals surface area contributed by atoms with Crippen molar-refractivity contribution >= 4 is 46.5 Å². The van der Waals surface area contributed by atoms with Gasteiger partial charge in [0.1, 0.15) is 11.4 Å². The Hall–Kier alpha value is -2.50. The first-order valence-corrected chi connectivity index (χ1v) is 8.21. The Bertz CT molecular complexity index is 980. The van der Waals surface area contributed by atoms with Crippen molar-refractivity contribution in [1.82, 2.24) is 9.38 Å². The maximum Gasteiger partial charge on any atom is 0.248 e. The number of anilines is 1. The number of methoxy groups -OCH3 is 1. The van der Waals surface area contributed by atoms with Gasteiger partial charge in [-0.1, -0.05) is 29.3 Å². The van der Waals surface area contributed by atoms with Crippen molar-refractivity contribution in [1.29, 1.82) is 0 Å². The molecule has 128 valence electrons. The number of benzene rings is 1. The number of rotatable bonds is 4. The highest BCUT2D eigenvalue weighted by atomic mass is 35.5. The van der Waals surface area contributed by atoms with Crippen molar-refractivity contribution in [2.75, 3.05) is 12.4 Å². The molecule has 1 aromatic carbocycles. The molecular formula is C18H15Cl2N3O2. The molecule has 5 nitrogen and oxygen atoms in total. The Morgan fingerprint density at radius 2 is 2.12 bits per heavy atom. The molecule has 3 aromatic rings. The van der Waals surface area contributed by atoms with Crippen LogP contribution in [0.3, 0.4) is 0 Å². The average molecular weight is 376 g/mol. The van der Waals surface area contributed by atoms with Crippen LogP contribution in [-0.2, 0) is 4.79 Å². The smallest absolute Gasteiger partial charge is 0.248 e. The first-order valence-electron chi connectivity index (χ1n) is 7.45. The van der Waals surface area contributed by atoms with Gasteiger partial charge in [-0.25, -0.2) is 4.98 Å². The number of nitrogens with zero attached hydrogens (tertiary/aromatic N) is 2. The summed E-state index contributed by atoms with van der Waals surface area (Å²) in [6.45, 7) is 1.85. The number of hydrogen-bond donors (Lipinski definition) is 1. The summed E-state index contributed by atoms with van der Waals surface area (Å²) in [4.78, 5) is 16.5. The lowest BCUT2D eigenvalue weighted by Crippen LogP contribution is -2.09. The van der Waals surface area contributed by atoms with Crippen molar-refractivity contribution in [2.45, 2.75) is 6.92 Å². The number of ether oxygens (including phenoxy) is 1. The zero-order valence-electron chi connectivity index (χ0n) is 13.6. The number of nitrogens with one attached hydrogen (secondary N) is 1. The van der Waals surface area contributed by atoms with Crippen molar-refractivity contribution in [3.05, 3.63) is 64.0 Å². The van der Waals surface area contributed by atoms with Crippen LogP contribution in [0.1, 0.15) is 11.3 Å². The zero-order valence-corrected chi connectivity index (χ0v) is 15.1. The molecule has 0 spiro atoms. The van der Waals surface area contributed by atoms with E-state index in [-0.39, 0.29) is 5.91 Å². The molecule has 0 aliphatic heterocycles. The fourth-order valence-electron chi connectivity index (χ4n) is 2.39. The third-order valence-corrected chi connectivity index (χ3v) is 4.34. The molecule has 0 saturated heterocycles. The molecule has 0 aliphatic carbocycles. The molecule has 7 heteroatoms. The van der Waals surface area contributed by atoms with E-state index < -0.39 is 0 Å². The number of aromatic nitrogens is 2. The number of imidazole rings is 1. The Kier molecular flexibility index (Phi) is 4.97. The van der Waals surface area contributed by atoms with Crippen LogP contribution >= 0.6 is 23.2 Å². The van der Waals surface area contributed by atoms with Crippen LogP contribution in [0.2, 0.25) is 10.2 Å². The van der Waals surface area contributed by atoms with Crippen molar-refractivity contribution in [2.24, 2.45) is 0 Å². The van der Waals surface area contributed by atoms with Gasteiger partial charge in [-0.3, -0.25) is 9.20 Å². The summed E-state index contributed by atoms with van der Waals surface area (Å²) < 4.78 is 7.06. The first kappa shape index (κ1) is 17.3. The summed E-state index contributed by atoms with van der Waals surface area (Å²) in [6, 6.07) is 8.99. The Labute approximate surface area is 154 Å². The van der Waals surface area contributed by atoms with Gasteiger partial charge in [-0.15, -0.1) is 0 Å². The maximum atomic E-state index is 12.3. The SMILES string of the molecule is COc1cc(Cl)c(C)cc1NC(=O)/C=C/c1c(Cl)nc2ccccn12. The molecule has 1 amide bonds. The van der Waals surface area contributed by atoms with E-state index in [9.17, 15) is 4.79 Å². The number of fused-ring (bicyclic) bond motifs is 1. The van der Waals surface area contributed by atoms with Crippen LogP contribution in [0.25, 0.3) is 11.7 Å². The first-order chi connectivity index (χ1) is 12.0. The van der Waals surface area contributed by atoms with E-state index in [1.807, 2.05) is 31.3 Å². The fourth-order valence-corrected chi connectivity index (χ4v) is 2.79. The molecule has 0 bridgehead atoms. The minimum absolute atomic E-state index is 0.318. The predicted octanol–water partition coefficient (Wildman–Crippen LogP) is 4.61. The van der Waals surface area contributed by atoms with Crippen LogP contribution in [-0.4, -0.2) is 22.4 Å². The van der Waals surface area contributed by atoms with Crippen molar-refractivity contribution < 1.29 is 9.53 Å². The predicted molar refractivity (Wildman–Crippen MR) is 101 cm³/mol. The van der Waals surface area contributed by atoms with Crippen LogP contribution in [0.4, 0.5) is 5.69 Å². The van der Waals surface area contributed by atoms with E-state index in [0.717, 1.165) is 5.56 Å². The topological polar surface area (TPSA) is 55.6 Å². The van der Waals surface area contributed by atoms with E-state index in [1.165, 1.54) is 13.2 Å². The summed E-state index contributed by atoms with van der Waals surface area (Å²) in [7, 11) is 1.52. The van der Waals surface area contributed by atoms with Gasteiger partial charge >= 0.3 is 0 Å². The van der Waals surface area contributed by atoms with Gasteiger partial charge in [0.05, 0.1) is 18.5 Å². The van der Waals surface area contributed by atoms with E-state index in [4.69, 9.17) is 27.9 Å². The van der Waals surface area contributed by atoms with Crippen molar-refractivity contribution in [3.8, 4) is 5.75 Å². The molecule has 0 saturated carbocycles. The summed E-state index contributed by atoms with van der Waals surface area (Å²) in [6.07, 6.45) is 4.84. The highest BCUT2D eigenvalue weighted by Crippen LogP contribution is 2.31. The lowest BCUT2D eigenvalue weighted by atomic mass is 10.2. The van der Waals surface area contributed by atoms with Gasteiger partial charge in [-0.05, 0) is 36.8 Å². The van der Waals surface area contributed by atoms with Gasteiger partial charge in [0.25, 0.3) is 0 Å². The average Bonchev–Trinajstić information content (AvgIpc) is 2.91. The van der Waals surface area contributed by atoms with E-state index in [0.29, 0.717) is 33.0 Å². The van der Waals surface area contributed by atoms with Gasteiger partial charge < -0.3 is 10.1 Å². The third kappa shape index (κ3) is 3.62. The second-order valence-corrected chi connectivity index (χ2v) is 6.11. The number of halogens is 2. The van der Waals surface area contributed by atoms with E-state index in [2.05, 4.69) is 10.3 Å². The molecule has 0 radical (unpaired) electrons. The highest BCUT2D eigenvalue weighted by molar-refractivity contribution is 6.32. The molecule has 0 atom stereocenters. The third-order valence-electron chi connectivity index (χ3n) is 3.65. The molecule has 2 heterocycles. The Morgan fingerprint density at radius 3 is 2.88 bits per heavy atom. The standard InChI is InChI=1S/C18H15Cl2N3O2/c1-11-9-13(15(25-2)10-12(11)19)21-17(24)7-6-14-18(20)22-16-5-3-4-8-23(14)16/h3-10H,1-2H3,(H,21,24)/b7-6+. The molecule has 25 heavy (non-hydrogen) atoms. The summed E-state index contributed by atoms with van der Waals surface area (Å²) >= 11 is 12.2. The summed E-state index contributed by atoms with van der Waals surface area (Å²) in [5.41, 5.74) is 2.73. The van der Waals surface area contributed by atoms with Gasteiger partial charge in [-0.2, -0.15) is 0 Å². The minimum Gasteiger partial charge on any atom is -0.495 e. The van der Waals surface area contributed by atoms with Gasteiger partial charge in [0, 0.05) is 23.4 Å². The fraction of sp³-hybridized carbons (Fsp3) is 0.111. The maximum absolute atomic E-state index is 12.3. The van der Waals surface area contributed by atoms with E-state index >= 15 is 0 Å². The largest absolute Gasteiger partial charge is 0.495 e. The molecule has 0 aliphatic rings. The molecular weight excluding hydrogens is 361 g/mol. The molecule has 3 rings (SSSR count). The van der Waals surface area contributed by atoms with Gasteiger partial charge in [0.15, 0.2) is 5.15 Å². The number of aryl methyl sites for hydroxylation is 1. The number of hydrogen-bond acceptors (Lipinski definition) is 3. The van der Waals surface area contributed by atoms with Crippen LogP contribution in [0.5, 0.6) is 5.75 Å². The Balaban J connectivity index is 1.84. The summed E-state index contributed by atoms with van der Waals surface area (Å²) in [5, 5.41) is 3.68. The molecule has 0 unspecified atom stereocenters. The normalized spacial score (nSPS) is 11.2. The van der Waals surface area contributed by atoms with Crippen LogP contribution in [0, 0.1) is 6.92 Å². The number of carbonyl (C=O) groups excluding carboxylic acids is 1. The number of carbonyl (C=O) groups is 1. The summed E-state index contributed by atoms with van der Waals surface area (Å²) in [5.74, 6) is 0.173. The molecule has 0 fully saturated rings. The molecule has 1 N–H and O–H groups in total. The van der Waals surface area contributed by atoms with E-state index in [1.54, 1.807) is 22.6 Å². The number of amides is 1. The highest BCUT2D eigenvalue weighted by Gasteiger charge is 2.10. The number of pyridine rings is 1. The van der Waals surface area contributed by atoms with Crippen LogP contribution < -0.4 is 10.1 Å². The second-order valence-electron chi connectivity index (χ2n) is 5.34. The quantitative estimate of drug-likeness (QED) is 0.677. The molecule has 2 aromatic heterocycles. The lowest BCUT2D eigenvalue weighted by molar-refractivity contribution is -0.111. The lowest BCUT2D eigenvalue weighted by Gasteiger charge is -2.11. The minimum atomic E-state index is -0.318. The monoisotopic (exact) mass is 375 g/mol. The van der Waals surface area contributed by atoms with Gasteiger partial charge in [0.2, 0.25) is 5.91 Å². The Morgan fingerprint density at radius 1 is 1.32 bits per heavy atom.